The molecule has 1 unspecified atom stereocenters. The van der Waals surface area contributed by atoms with Crippen LogP contribution in [0, 0.1) is 0 Å². The fraction of sp³-hybridized carbons (Fsp3) is 1.00. The van der Waals surface area contributed by atoms with E-state index in [2.05, 4.69) is 16.7 Å². The zero-order valence-electron chi connectivity index (χ0n) is 8.84. The lowest BCUT2D eigenvalue weighted by Crippen LogP contribution is -2.54. The largest absolute Gasteiger partial charge is 0.301 e. The van der Waals surface area contributed by atoms with Gasteiger partial charge in [0.25, 0.3) is 0 Å². The van der Waals surface area contributed by atoms with Gasteiger partial charge in [0.1, 0.15) is 0 Å². The SMILES string of the molecule is CCCN1CCN2CCCCC2C1. The molecule has 1 atom stereocenters. The number of nitrogens with zero attached hydrogens (tertiary/aromatic N) is 2. The fourth-order valence-electron chi connectivity index (χ4n) is 2.74. The fourth-order valence-corrected chi connectivity index (χ4v) is 2.74. The number of hydrogen-bond donors (Lipinski definition) is 0. The van der Waals surface area contributed by atoms with Gasteiger partial charge in [-0.2, -0.15) is 0 Å². The molecule has 13 heavy (non-hydrogen) atoms. The maximum atomic E-state index is 2.70. The summed E-state index contributed by atoms with van der Waals surface area (Å²) >= 11 is 0. The monoisotopic (exact) mass is 182 g/mol. The number of piperidine rings is 1. The highest BCUT2D eigenvalue weighted by Crippen LogP contribution is 2.20. The smallest absolute Gasteiger partial charge is 0.0223 e. The Morgan fingerprint density at radius 2 is 2.08 bits per heavy atom. The molecule has 0 saturated carbocycles. The number of hydrogen-bond acceptors (Lipinski definition) is 2. The van der Waals surface area contributed by atoms with Crippen LogP contribution in [-0.2, 0) is 0 Å². The van der Waals surface area contributed by atoms with E-state index >= 15 is 0 Å². The second kappa shape index (κ2) is 4.43. The van der Waals surface area contributed by atoms with Crippen LogP contribution in [0.25, 0.3) is 0 Å². The summed E-state index contributed by atoms with van der Waals surface area (Å²) in [5.41, 5.74) is 0. The molecule has 0 bridgehead atoms. The van der Waals surface area contributed by atoms with E-state index in [1.165, 1.54) is 58.4 Å². The summed E-state index contributed by atoms with van der Waals surface area (Å²) < 4.78 is 0. The first-order valence-electron chi connectivity index (χ1n) is 5.86. The standard InChI is InChI=1S/C11H22N2/c1-2-6-12-8-9-13-7-4-3-5-11(13)10-12/h11H,2-10H2,1H3. The van der Waals surface area contributed by atoms with Gasteiger partial charge in [0.05, 0.1) is 0 Å². The van der Waals surface area contributed by atoms with Crippen molar-refractivity contribution in [2.24, 2.45) is 0 Å². The van der Waals surface area contributed by atoms with Crippen molar-refractivity contribution in [1.82, 2.24) is 9.80 Å². The lowest BCUT2D eigenvalue weighted by atomic mass is 9.99. The second-order valence-corrected chi connectivity index (χ2v) is 4.49. The van der Waals surface area contributed by atoms with E-state index < -0.39 is 0 Å². The number of piperazine rings is 1. The first kappa shape index (κ1) is 9.47. The molecule has 2 fully saturated rings. The lowest BCUT2D eigenvalue weighted by molar-refractivity contribution is 0.0495. The quantitative estimate of drug-likeness (QED) is 0.639. The third kappa shape index (κ3) is 2.23. The molecule has 0 amide bonds. The van der Waals surface area contributed by atoms with Gasteiger partial charge in [-0.05, 0) is 32.4 Å². The van der Waals surface area contributed by atoms with Crippen LogP contribution in [-0.4, -0.2) is 48.6 Å². The Labute approximate surface area is 81.9 Å². The molecule has 0 aromatic heterocycles. The van der Waals surface area contributed by atoms with E-state index in [9.17, 15) is 0 Å². The number of rotatable bonds is 2. The van der Waals surface area contributed by atoms with Crippen LogP contribution in [0.2, 0.25) is 0 Å². The summed E-state index contributed by atoms with van der Waals surface area (Å²) in [6.07, 6.45) is 5.65. The summed E-state index contributed by atoms with van der Waals surface area (Å²) in [5.74, 6) is 0. The first-order valence-corrected chi connectivity index (χ1v) is 5.86. The Hall–Kier alpha value is -0.0800. The average Bonchev–Trinajstić information content (AvgIpc) is 2.18. The van der Waals surface area contributed by atoms with Gasteiger partial charge in [-0.3, -0.25) is 4.90 Å². The Balaban J connectivity index is 1.84. The molecule has 0 spiro atoms. The molecule has 2 saturated heterocycles. The second-order valence-electron chi connectivity index (χ2n) is 4.49. The molecular formula is C11H22N2. The maximum absolute atomic E-state index is 2.70. The zero-order chi connectivity index (χ0) is 9.10. The Kier molecular flexibility index (Phi) is 3.23. The van der Waals surface area contributed by atoms with Crippen molar-refractivity contribution in [3.63, 3.8) is 0 Å². The molecule has 2 nitrogen and oxygen atoms in total. The van der Waals surface area contributed by atoms with Gasteiger partial charge in [0.15, 0.2) is 0 Å². The van der Waals surface area contributed by atoms with E-state index in [1.807, 2.05) is 0 Å². The molecule has 2 aliphatic heterocycles. The lowest BCUT2D eigenvalue weighted by Gasteiger charge is -2.44. The van der Waals surface area contributed by atoms with Crippen molar-refractivity contribution in [3.8, 4) is 0 Å². The van der Waals surface area contributed by atoms with Gasteiger partial charge in [0.2, 0.25) is 0 Å². The molecule has 2 aliphatic rings. The summed E-state index contributed by atoms with van der Waals surface area (Å²) in [4.78, 5) is 5.35. The van der Waals surface area contributed by atoms with E-state index in [0.29, 0.717) is 0 Å². The van der Waals surface area contributed by atoms with Crippen LogP contribution >= 0.6 is 0 Å². The van der Waals surface area contributed by atoms with Crippen molar-refractivity contribution in [2.75, 3.05) is 32.7 Å². The highest BCUT2D eigenvalue weighted by molar-refractivity contribution is 4.84. The molecule has 2 rings (SSSR count). The average molecular weight is 182 g/mol. The van der Waals surface area contributed by atoms with Crippen LogP contribution in [0.1, 0.15) is 32.6 Å². The minimum atomic E-state index is 0.897. The summed E-state index contributed by atoms with van der Waals surface area (Å²) in [5, 5.41) is 0. The first-order chi connectivity index (χ1) is 6.40. The summed E-state index contributed by atoms with van der Waals surface area (Å²) in [6, 6.07) is 0.897. The molecule has 0 N–H and O–H groups in total. The molecule has 0 radical (unpaired) electrons. The van der Waals surface area contributed by atoms with Gasteiger partial charge >= 0.3 is 0 Å². The summed E-state index contributed by atoms with van der Waals surface area (Å²) in [6.45, 7) is 8.94. The molecule has 0 aromatic rings. The third-order valence-electron chi connectivity index (χ3n) is 3.46. The highest BCUT2D eigenvalue weighted by Gasteiger charge is 2.27. The predicted octanol–water partition coefficient (Wildman–Crippen LogP) is 1.57. The minimum Gasteiger partial charge on any atom is -0.301 e. The van der Waals surface area contributed by atoms with Crippen LogP contribution in [0.15, 0.2) is 0 Å². The van der Waals surface area contributed by atoms with E-state index in [0.717, 1.165) is 6.04 Å². The van der Waals surface area contributed by atoms with Crippen molar-refractivity contribution in [2.45, 2.75) is 38.6 Å². The van der Waals surface area contributed by atoms with Crippen molar-refractivity contribution in [1.29, 1.82) is 0 Å². The molecule has 2 heteroatoms. The van der Waals surface area contributed by atoms with Crippen LogP contribution < -0.4 is 0 Å². The van der Waals surface area contributed by atoms with Gasteiger partial charge < -0.3 is 4.90 Å². The molecule has 76 valence electrons. The van der Waals surface area contributed by atoms with E-state index in [4.69, 9.17) is 0 Å². The van der Waals surface area contributed by atoms with Gasteiger partial charge in [-0.25, -0.2) is 0 Å². The Morgan fingerprint density at radius 1 is 1.15 bits per heavy atom. The highest BCUT2D eigenvalue weighted by atomic mass is 15.3. The van der Waals surface area contributed by atoms with Crippen LogP contribution in [0.4, 0.5) is 0 Å². The normalized spacial score (nSPS) is 31.6. The Bertz CT molecular complexity index is 158. The molecular weight excluding hydrogens is 160 g/mol. The van der Waals surface area contributed by atoms with Crippen LogP contribution in [0.5, 0.6) is 0 Å². The number of fused-ring (bicyclic) bond motifs is 1. The van der Waals surface area contributed by atoms with E-state index in [1.54, 1.807) is 0 Å². The Morgan fingerprint density at radius 3 is 2.92 bits per heavy atom. The topological polar surface area (TPSA) is 6.48 Å². The predicted molar refractivity (Wildman–Crippen MR) is 55.9 cm³/mol. The van der Waals surface area contributed by atoms with Crippen LogP contribution in [0.3, 0.4) is 0 Å². The maximum Gasteiger partial charge on any atom is 0.0223 e. The zero-order valence-corrected chi connectivity index (χ0v) is 8.84. The molecule has 0 aromatic carbocycles. The minimum absolute atomic E-state index is 0.897. The van der Waals surface area contributed by atoms with Crippen molar-refractivity contribution in [3.05, 3.63) is 0 Å². The van der Waals surface area contributed by atoms with E-state index in [-0.39, 0.29) is 0 Å². The van der Waals surface area contributed by atoms with Gasteiger partial charge in [-0.1, -0.05) is 13.3 Å². The van der Waals surface area contributed by atoms with Crippen molar-refractivity contribution >= 4 is 0 Å². The van der Waals surface area contributed by atoms with Crippen molar-refractivity contribution < 1.29 is 0 Å². The molecule has 2 heterocycles. The van der Waals surface area contributed by atoms with Gasteiger partial charge in [0, 0.05) is 25.7 Å². The third-order valence-corrected chi connectivity index (χ3v) is 3.46. The molecule has 0 aliphatic carbocycles. The van der Waals surface area contributed by atoms with Gasteiger partial charge in [-0.15, -0.1) is 0 Å². The summed E-state index contributed by atoms with van der Waals surface area (Å²) in [7, 11) is 0.